The number of quaternary nitrogens is 1. The summed E-state index contributed by atoms with van der Waals surface area (Å²) in [5, 5.41) is 0. The Kier molecular flexibility index (Phi) is 39.7. The van der Waals surface area contributed by atoms with Crippen molar-refractivity contribution < 1.29 is 37.3 Å². The van der Waals surface area contributed by atoms with E-state index >= 15 is 0 Å². The van der Waals surface area contributed by atoms with Crippen LogP contribution in [0.5, 0.6) is 0 Å². The highest BCUT2D eigenvalue weighted by atomic mass is 31.2. The Hall–Kier alpha value is -1.80. The Morgan fingerprint density at radius 2 is 1.00 bits per heavy atom. The molecule has 0 rings (SSSR count). The quantitative estimate of drug-likeness (QED) is 0.0215. The minimum Gasteiger partial charge on any atom is -0.457 e. The average Bonchev–Trinajstić information content (AvgIpc) is 3.16. The van der Waals surface area contributed by atoms with Crippen molar-refractivity contribution in [2.45, 2.75) is 187 Å². The fraction of sp³-hybridized carbons (Fsp3) is 0.771. The summed E-state index contributed by atoms with van der Waals surface area (Å²) in [5.74, 6) is -0.332. The molecule has 2 atom stereocenters. The predicted octanol–water partition coefficient (Wildman–Crippen LogP) is 13.7. The van der Waals surface area contributed by atoms with E-state index in [4.69, 9.17) is 18.5 Å². The van der Waals surface area contributed by atoms with Gasteiger partial charge in [-0.2, -0.15) is 0 Å². The number of allylic oxidation sites excluding steroid dienone is 10. The van der Waals surface area contributed by atoms with Gasteiger partial charge in [0, 0.05) is 13.0 Å². The standard InChI is InChI=1S/C48H88NO7P/c1-6-8-10-12-14-16-18-20-22-23-24-25-26-27-28-29-31-33-35-37-39-41-48(50)56-47(46-55-57(51,52)54-44-42-49(3,4)5)45-53-43-40-38-36-34-32-30-21-19-17-15-13-11-9-7-2/h11,13,17-20,23-24,26-27,47H,6-10,12,14-16,21-22,25,28-46H2,1-5H3/p+1/b13-11-,19-17-,20-18-,24-23-,27-26-. The van der Waals surface area contributed by atoms with Gasteiger partial charge < -0.3 is 18.9 Å². The molecular formula is C48H89NO7P+. The third-order valence-corrected chi connectivity index (χ3v) is 10.5. The van der Waals surface area contributed by atoms with Crippen LogP contribution in [0.15, 0.2) is 60.8 Å². The highest BCUT2D eigenvalue weighted by molar-refractivity contribution is 7.47. The zero-order chi connectivity index (χ0) is 42.0. The molecule has 0 amide bonds. The summed E-state index contributed by atoms with van der Waals surface area (Å²) in [5.41, 5.74) is 0. The molecule has 0 radical (unpaired) electrons. The zero-order valence-corrected chi connectivity index (χ0v) is 38.5. The minimum absolute atomic E-state index is 0.0810. The Balaban J connectivity index is 4.25. The van der Waals surface area contributed by atoms with E-state index in [-0.39, 0.29) is 25.8 Å². The molecule has 0 aromatic carbocycles. The van der Waals surface area contributed by atoms with E-state index in [2.05, 4.69) is 74.6 Å². The van der Waals surface area contributed by atoms with Gasteiger partial charge in [0.2, 0.25) is 0 Å². The molecular weight excluding hydrogens is 734 g/mol. The van der Waals surface area contributed by atoms with Crippen molar-refractivity contribution in [3.05, 3.63) is 60.8 Å². The number of rotatable bonds is 42. The second kappa shape index (κ2) is 41.0. The van der Waals surface area contributed by atoms with E-state index in [9.17, 15) is 14.3 Å². The summed E-state index contributed by atoms with van der Waals surface area (Å²) >= 11 is 0. The SMILES string of the molecule is CCC/C=C\C/C=C\CCCCCCCCOCC(COP(=O)(O)OCC[N+](C)(C)C)OC(=O)CCCCCCCC/C=C\C/C=C\C/C=C\CCCCCCC. The Labute approximate surface area is 351 Å². The van der Waals surface area contributed by atoms with Crippen LogP contribution in [-0.2, 0) is 27.9 Å². The molecule has 0 aromatic heterocycles. The summed E-state index contributed by atoms with van der Waals surface area (Å²) in [4.78, 5) is 22.9. The van der Waals surface area contributed by atoms with Gasteiger partial charge in [-0.15, -0.1) is 0 Å². The van der Waals surface area contributed by atoms with Gasteiger partial charge in [0.05, 0.1) is 34.4 Å². The van der Waals surface area contributed by atoms with E-state index in [1.807, 2.05) is 21.1 Å². The van der Waals surface area contributed by atoms with Crippen LogP contribution in [-0.4, -0.2) is 75.6 Å². The molecule has 0 bridgehead atoms. The van der Waals surface area contributed by atoms with Crippen molar-refractivity contribution in [3.63, 3.8) is 0 Å². The molecule has 0 aliphatic carbocycles. The molecule has 2 unspecified atom stereocenters. The third-order valence-electron chi connectivity index (χ3n) is 9.53. The number of carbonyl (C=O) groups excluding carboxylic acids is 1. The maximum Gasteiger partial charge on any atom is 0.472 e. The largest absolute Gasteiger partial charge is 0.472 e. The fourth-order valence-electron chi connectivity index (χ4n) is 5.95. The molecule has 0 aliphatic rings. The van der Waals surface area contributed by atoms with Crippen molar-refractivity contribution in [2.75, 3.05) is 54.1 Å². The first kappa shape index (κ1) is 55.2. The first-order valence-corrected chi connectivity index (χ1v) is 24.5. The van der Waals surface area contributed by atoms with Gasteiger partial charge in [-0.25, -0.2) is 4.57 Å². The van der Waals surface area contributed by atoms with Crippen molar-refractivity contribution in [1.82, 2.24) is 0 Å². The lowest BCUT2D eigenvalue weighted by Gasteiger charge is -2.24. The van der Waals surface area contributed by atoms with Crippen LogP contribution in [0.2, 0.25) is 0 Å². The lowest BCUT2D eigenvalue weighted by Crippen LogP contribution is -2.37. The van der Waals surface area contributed by atoms with E-state index < -0.39 is 13.9 Å². The highest BCUT2D eigenvalue weighted by Crippen LogP contribution is 2.43. The second-order valence-electron chi connectivity index (χ2n) is 16.4. The molecule has 8 nitrogen and oxygen atoms in total. The topological polar surface area (TPSA) is 91.3 Å². The summed E-state index contributed by atoms with van der Waals surface area (Å²) in [6, 6.07) is 0. The van der Waals surface area contributed by atoms with Gasteiger partial charge in [0.15, 0.2) is 0 Å². The second-order valence-corrected chi connectivity index (χ2v) is 17.9. The molecule has 1 N–H and O–H groups in total. The normalized spacial score (nSPS) is 14.3. The lowest BCUT2D eigenvalue weighted by atomic mass is 10.1. The fourth-order valence-corrected chi connectivity index (χ4v) is 6.69. The molecule has 57 heavy (non-hydrogen) atoms. The predicted molar refractivity (Wildman–Crippen MR) is 242 cm³/mol. The van der Waals surface area contributed by atoms with Crippen molar-refractivity contribution in [3.8, 4) is 0 Å². The van der Waals surface area contributed by atoms with E-state index in [0.717, 1.165) is 77.0 Å². The van der Waals surface area contributed by atoms with Gasteiger partial charge in [0.25, 0.3) is 0 Å². The summed E-state index contributed by atoms with van der Waals surface area (Å²) in [7, 11) is 1.64. The Bertz CT molecular complexity index is 1090. The molecule has 0 heterocycles. The van der Waals surface area contributed by atoms with Crippen LogP contribution in [0.25, 0.3) is 0 Å². The first-order valence-electron chi connectivity index (χ1n) is 23.0. The number of ether oxygens (including phenoxy) is 2. The van der Waals surface area contributed by atoms with Gasteiger partial charge in [-0.1, -0.05) is 158 Å². The van der Waals surface area contributed by atoms with Crippen LogP contribution in [0.3, 0.4) is 0 Å². The van der Waals surface area contributed by atoms with Crippen LogP contribution in [0, 0.1) is 0 Å². The first-order chi connectivity index (χ1) is 27.6. The molecule has 9 heteroatoms. The summed E-state index contributed by atoms with van der Waals surface area (Å²) in [6.45, 7) is 5.50. The number of hydrogen-bond acceptors (Lipinski definition) is 6. The van der Waals surface area contributed by atoms with E-state index in [0.29, 0.717) is 24.1 Å². The van der Waals surface area contributed by atoms with Crippen LogP contribution < -0.4 is 0 Å². The van der Waals surface area contributed by atoms with E-state index in [1.54, 1.807) is 0 Å². The molecule has 0 saturated heterocycles. The maximum absolute atomic E-state index is 12.7. The molecule has 0 aliphatic heterocycles. The van der Waals surface area contributed by atoms with Gasteiger partial charge in [0.1, 0.15) is 19.3 Å². The smallest absolute Gasteiger partial charge is 0.457 e. The van der Waals surface area contributed by atoms with Crippen LogP contribution in [0.4, 0.5) is 0 Å². The van der Waals surface area contributed by atoms with Crippen molar-refractivity contribution in [2.24, 2.45) is 0 Å². The van der Waals surface area contributed by atoms with Gasteiger partial charge >= 0.3 is 13.8 Å². The lowest BCUT2D eigenvalue weighted by molar-refractivity contribution is -0.870. The molecule has 0 saturated carbocycles. The van der Waals surface area contributed by atoms with Gasteiger partial charge in [-0.05, 0) is 77.0 Å². The Morgan fingerprint density at radius 3 is 1.51 bits per heavy atom. The minimum atomic E-state index is -4.28. The summed E-state index contributed by atoms with van der Waals surface area (Å²) < 4.78 is 35.0. The highest BCUT2D eigenvalue weighted by Gasteiger charge is 2.26. The number of likely N-dealkylation sites (N-methyl/N-ethyl adjacent to an activating group) is 1. The number of esters is 1. The molecule has 0 fully saturated rings. The molecule has 332 valence electrons. The zero-order valence-electron chi connectivity index (χ0n) is 37.6. The number of hydrogen-bond donors (Lipinski definition) is 1. The van der Waals surface area contributed by atoms with Crippen LogP contribution in [0.1, 0.15) is 181 Å². The number of phosphoric acid groups is 1. The molecule has 0 spiro atoms. The van der Waals surface area contributed by atoms with Crippen molar-refractivity contribution >= 4 is 13.8 Å². The third kappa shape index (κ3) is 45.1. The molecule has 0 aromatic rings. The number of unbranched alkanes of at least 4 members (excludes halogenated alkanes) is 18. The van der Waals surface area contributed by atoms with Gasteiger partial charge in [-0.3, -0.25) is 13.8 Å². The van der Waals surface area contributed by atoms with Crippen molar-refractivity contribution in [1.29, 1.82) is 0 Å². The number of phosphoric ester groups is 1. The number of carbonyl (C=O) groups is 1. The van der Waals surface area contributed by atoms with E-state index in [1.165, 1.54) is 83.5 Å². The maximum atomic E-state index is 12.7. The number of nitrogens with zero attached hydrogens (tertiary/aromatic N) is 1. The van der Waals surface area contributed by atoms with Crippen LogP contribution >= 0.6 is 7.82 Å². The Morgan fingerprint density at radius 1 is 0.544 bits per heavy atom. The monoisotopic (exact) mass is 823 g/mol. The summed E-state index contributed by atoms with van der Waals surface area (Å²) in [6.07, 6.45) is 51.1. The average molecular weight is 823 g/mol.